The lowest BCUT2D eigenvalue weighted by Gasteiger charge is -2.29. The van der Waals surface area contributed by atoms with E-state index in [0.29, 0.717) is 33.6 Å². The first-order valence-electron chi connectivity index (χ1n) is 6.55. The number of hydrogen-bond donors (Lipinski definition) is 1. The van der Waals surface area contributed by atoms with Crippen molar-refractivity contribution in [2.75, 3.05) is 25.4 Å². The van der Waals surface area contributed by atoms with Crippen molar-refractivity contribution in [2.45, 2.75) is 30.5 Å². The number of halogens is 1. The van der Waals surface area contributed by atoms with Gasteiger partial charge in [-0.2, -0.15) is 16.1 Å². The molecule has 1 aliphatic heterocycles. The molecule has 8 heteroatoms. The molecule has 0 spiro atoms. The van der Waals surface area contributed by atoms with Gasteiger partial charge in [0, 0.05) is 35.5 Å². The summed E-state index contributed by atoms with van der Waals surface area (Å²) >= 11 is 6.72. The van der Waals surface area contributed by atoms with Gasteiger partial charge in [-0.25, -0.2) is 8.42 Å². The summed E-state index contributed by atoms with van der Waals surface area (Å²) in [7, 11) is -3.37. The average Bonchev–Trinajstić information content (AvgIpc) is 2.78. The molecule has 1 N–H and O–H groups in total. The number of hydrogen-bond acceptors (Lipinski definition) is 5. The number of rotatable bonds is 5. The van der Waals surface area contributed by atoms with Gasteiger partial charge in [-0.05, 0) is 28.5 Å². The van der Waals surface area contributed by atoms with Gasteiger partial charge in [0.25, 0.3) is 0 Å². The fourth-order valence-corrected chi connectivity index (χ4v) is 7.41. The second-order valence-corrected chi connectivity index (χ2v) is 10.6. The van der Waals surface area contributed by atoms with Crippen LogP contribution in [-0.4, -0.2) is 43.4 Å². The zero-order valence-electron chi connectivity index (χ0n) is 11.6. The molecule has 20 heavy (non-hydrogen) atoms. The van der Waals surface area contributed by atoms with Crippen LogP contribution in [0.3, 0.4) is 0 Å². The van der Waals surface area contributed by atoms with Gasteiger partial charge in [0.1, 0.15) is 4.90 Å². The summed E-state index contributed by atoms with van der Waals surface area (Å²) in [4.78, 5) is 1.45. The van der Waals surface area contributed by atoms with E-state index in [2.05, 4.69) is 28.2 Å². The van der Waals surface area contributed by atoms with Crippen molar-refractivity contribution in [1.82, 2.24) is 9.62 Å². The monoisotopic (exact) mass is 398 g/mol. The topological polar surface area (TPSA) is 49.4 Å². The molecule has 0 saturated carbocycles. The molecule has 0 bridgehead atoms. The number of thioether (sulfide) groups is 1. The molecule has 1 atom stereocenters. The summed E-state index contributed by atoms with van der Waals surface area (Å²) < 4.78 is 27.7. The van der Waals surface area contributed by atoms with E-state index in [0.717, 1.165) is 17.2 Å². The van der Waals surface area contributed by atoms with E-state index in [1.807, 2.05) is 18.7 Å². The lowest BCUT2D eigenvalue weighted by atomic mass is 10.4. The van der Waals surface area contributed by atoms with E-state index in [1.165, 1.54) is 11.3 Å². The molecule has 1 saturated heterocycles. The summed E-state index contributed by atoms with van der Waals surface area (Å²) in [6.07, 6.45) is 0. The quantitative estimate of drug-likeness (QED) is 0.827. The van der Waals surface area contributed by atoms with Crippen molar-refractivity contribution >= 4 is 49.1 Å². The Morgan fingerprint density at radius 2 is 2.30 bits per heavy atom. The van der Waals surface area contributed by atoms with Gasteiger partial charge in [-0.15, -0.1) is 11.3 Å². The van der Waals surface area contributed by atoms with Crippen molar-refractivity contribution in [3.8, 4) is 0 Å². The van der Waals surface area contributed by atoms with E-state index in [9.17, 15) is 8.42 Å². The van der Waals surface area contributed by atoms with E-state index in [-0.39, 0.29) is 0 Å². The molecular weight excluding hydrogens is 380 g/mol. The lowest BCUT2D eigenvalue weighted by molar-refractivity contribution is 0.424. The van der Waals surface area contributed by atoms with E-state index in [1.54, 1.807) is 10.4 Å². The third-order valence-electron chi connectivity index (χ3n) is 3.08. The molecule has 114 valence electrons. The number of thiophene rings is 1. The van der Waals surface area contributed by atoms with Gasteiger partial charge in [0.2, 0.25) is 10.0 Å². The molecule has 0 aromatic carbocycles. The molecule has 2 heterocycles. The molecular formula is C12H19BrN2O2S3. The normalized spacial score (nSPS) is 21.2. The largest absolute Gasteiger partial charge is 0.312 e. The van der Waals surface area contributed by atoms with E-state index < -0.39 is 10.0 Å². The molecule has 1 aromatic heterocycles. The SMILES string of the molecule is CCNCc1cc(S(=O)(=O)N2CCSC(C)C2)c(Br)s1. The third-order valence-corrected chi connectivity index (χ3v) is 8.33. The van der Waals surface area contributed by atoms with Crippen molar-refractivity contribution in [3.05, 3.63) is 14.7 Å². The minimum Gasteiger partial charge on any atom is -0.312 e. The minimum atomic E-state index is -3.37. The highest BCUT2D eigenvalue weighted by Crippen LogP contribution is 2.34. The van der Waals surface area contributed by atoms with Crippen LogP contribution in [0.25, 0.3) is 0 Å². The van der Waals surface area contributed by atoms with Crippen LogP contribution in [-0.2, 0) is 16.6 Å². The summed E-state index contributed by atoms with van der Waals surface area (Å²) in [6, 6.07) is 1.79. The Labute approximate surface area is 137 Å². The Bertz CT molecular complexity index is 559. The van der Waals surface area contributed by atoms with Crippen molar-refractivity contribution < 1.29 is 8.42 Å². The molecule has 4 nitrogen and oxygen atoms in total. The fourth-order valence-electron chi connectivity index (χ4n) is 2.05. The molecule has 1 unspecified atom stereocenters. The van der Waals surface area contributed by atoms with Crippen LogP contribution in [0.5, 0.6) is 0 Å². The fraction of sp³-hybridized carbons (Fsp3) is 0.667. The Kier molecular flexibility index (Phi) is 5.96. The molecule has 0 radical (unpaired) electrons. The number of nitrogens with one attached hydrogen (secondary N) is 1. The summed E-state index contributed by atoms with van der Waals surface area (Å²) in [6.45, 7) is 6.89. The first-order chi connectivity index (χ1) is 9.45. The maximum absolute atomic E-state index is 12.7. The molecule has 2 rings (SSSR count). The van der Waals surface area contributed by atoms with Crippen LogP contribution in [0.2, 0.25) is 0 Å². The van der Waals surface area contributed by atoms with Crippen molar-refractivity contribution in [3.63, 3.8) is 0 Å². The van der Waals surface area contributed by atoms with E-state index in [4.69, 9.17) is 0 Å². The Balaban J connectivity index is 2.22. The van der Waals surface area contributed by atoms with Gasteiger partial charge >= 0.3 is 0 Å². The molecule has 1 aliphatic rings. The zero-order valence-corrected chi connectivity index (χ0v) is 15.6. The first-order valence-corrected chi connectivity index (χ1v) is 10.7. The van der Waals surface area contributed by atoms with Crippen molar-refractivity contribution in [2.24, 2.45) is 0 Å². The summed E-state index contributed by atoms with van der Waals surface area (Å²) in [5.41, 5.74) is 0. The van der Waals surface area contributed by atoms with Gasteiger partial charge in [0.15, 0.2) is 0 Å². The predicted molar refractivity (Wildman–Crippen MR) is 90.1 cm³/mol. The second kappa shape index (κ2) is 7.11. The maximum Gasteiger partial charge on any atom is 0.245 e. The molecule has 1 fully saturated rings. The van der Waals surface area contributed by atoms with Crippen LogP contribution >= 0.6 is 39.0 Å². The van der Waals surface area contributed by atoms with Crippen LogP contribution < -0.4 is 5.32 Å². The Morgan fingerprint density at radius 3 is 2.95 bits per heavy atom. The van der Waals surface area contributed by atoms with Crippen molar-refractivity contribution in [1.29, 1.82) is 0 Å². The highest BCUT2D eigenvalue weighted by atomic mass is 79.9. The molecule has 0 amide bonds. The highest BCUT2D eigenvalue weighted by molar-refractivity contribution is 9.11. The number of nitrogens with zero attached hydrogens (tertiary/aromatic N) is 1. The van der Waals surface area contributed by atoms with Gasteiger partial charge in [0.05, 0.1) is 3.79 Å². The summed E-state index contributed by atoms with van der Waals surface area (Å²) in [5.74, 6) is 0.867. The van der Waals surface area contributed by atoms with Gasteiger partial charge in [-0.1, -0.05) is 13.8 Å². The lowest BCUT2D eigenvalue weighted by Crippen LogP contribution is -2.40. The molecule has 1 aromatic rings. The molecule has 0 aliphatic carbocycles. The average molecular weight is 399 g/mol. The van der Waals surface area contributed by atoms with Gasteiger partial charge < -0.3 is 5.32 Å². The summed E-state index contributed by atoms with van der Waals surface area (Å²) in [5, 5.41) is 3.58. The second-order valence-electron chi connectivity index (χ2n) is 4.68. The highest BCUT2D eigenvalue weighted by Gasteiger charge is 2.31. The smallest absolute Gasteiger partial charge is 0.245 e. The van der Waals surface area contributed by atoms with E-state index >= 15 is 0 Å². The van der Waals surface area contributed by atoms with Crippen LogP contribution in [0.15, 0.2) is 14.7 Å². The Morgan fingerprint density at radius 1 is 1.55 bits per heavy atom. The number of sulfonamides is 1. The maximum atomic E-state index is 12.7. The van der Waals surface area contributed by atoms with Gasteiger partial charge in [-0.3, -0.25) is 0 Å². The standard InChI is InChI=1S/C12H19BrN2O2S3/c1-3-14-7-10-6-11(12(13)19-10)20(16,17)15-4-5-18-9(2)8-15/h6,9,14H,3-5,7-8H2,1-2H3. The third kappa shape index (κ3) is 3.78. The minimum absolute atomic E-state index is 0.358. The van der Waals surface area contributed by atoms with Crippen LogP contribution in [0.1, 0.15) is 18.7 Å². The zero-order chi connectivity index (χ0) is 14.8. The predicted octanol–water partition coefficient (Wildman–Crippen LogP) is 2.75. The van der Waals surface area contributed by atoms with Crippen LogP contribution in [0.4, 0.5) is 0 Å². The first kappa shape index (κ1) is 16.8. The Hall–Kier alpha value is 0.400. The van der Waals surface area contributed by atoms with Crippen LogP contribution in [0, 0.1) is 0 Å².